The number of aryl methyl sites for hydroxylation is 2. The maximum absolute atomic E-state index is 12.6. The molecule has 1 aromatic carbocycles. The third kappa shape index (κ3) is 3.07. The number of hydrogen-bond acceptors (Lipinski definition) is 5. The number of nitro groups is 1. The summed E-state index contributed by atoms with van der Waals surface area (Å²) in [7, 11) is -3.98. The van der Waals surface area contributed by atoms with Gasteiger partial charge in [0.2, 0.25) is 10.0 Å². The Morgan fingerprint density at radius 3 is 2.52 bits per heavy atom. The summed E-state index contributed by atoms with van der Waals surface area (Å²) in [4.78, 5) is 10.2. The number of benzene rings is 1. The average molecular weight is 314 g/mol. The quantitative estimate of drug-likeness (QED) is 0.670. The van der Waals surface area contributed by atoms with Crippen molar-refractivity contribution >= 4 is 15.7 Å². The average Bonchev–Trinajstić information content (AvgIpc) is 2.41. The summed E-state index contributed by atoms with van der Waals surface area (Å²) in [6, 6.07) is 2.62. The molecule has 2 rings (SSSR count). The van der Waals surface area contributed by atoms with Crippen molar-refractivity contribution in [1.29, 1.82) is 0 Å². The van der Waals surface area contributed by atoms with Crippen molar-refractivity contribution < 1.29 is 18.4 Å². The van der Waals surface area contributed by atoms with Crippen molar-refractivity contribution in [2.75, 3.05) is 13.1 Å². The van der Waals surface area contributed by atoms with Crippen molar-refractivity contribution in [2.45, 2.75) is 37.7 Å². The molecule has 7 nitrogen and oxygen atoms in total. The largest absolute Gasteiger partial charge is 0.392 e. The molecule has 116 valence electrons. The summed E-state index contributed by atoms with van der Waals surface area (Å²) in [6.45, 7) is 3.66. The van der Waals surface area contributed by atoms with E-state index < -0.39 is 26.7 Å². The lowest BCUT2D eigenvalue weighted by Crippen LogP contribution is -2.42. The van der Waals surface area contributed by atoms with Crippen LogP contribution in [0.1, 0.15) is 24.0 Å². The van der Waals surface area contributed by atoms with E-state index in [4.69, 9.17) is 0 Å². The first-order valence-electron chi connectivity index (χ1n) is 6.67. The highest BCUT2D eigenvalue weighted by Gasteiger charge is 2.34. The minimum Gasteiger partial charge on any atom is -0.392 e. The Bertz CT molecular complexity index is 671. The van der Waals surface area contributed by atoms with Crippen LogP contribution >= 0.6 is 0 Å². The van der Waals surface area contributed by atoms with Crippen LogP contribution in [0.3, 0.4) is 0 Å². The van der Waals surface area contributed by atoms with Gasteiger partial charge in [-0.3, -0.25) is 10.1 Å². The molecule has 21 heavy (non-hydrogen) atoms. The molecule has 1 aliphatic heterocycles. The maximum Gasteiger partial charge on any atom is 0.289 e. The highest BCUT2D eigenvalue weighted by atomic mass is 32.2. The zero-order chi connectivity index (χ0) is 15.8. The lowest BCUT2D eigenvalue weighted by Gasteiger charge is -2.29. The van der Waals surface area contributed by atoms with Crippen molar-refractivity contribution in [3.8, 4) is 0 Å². The number of piperidine rings is 1. The second-order valence-corrected chi connectivity index (χ2v) is 7.23. The second-order valence-electron chi connectivity index (χ2n) is 5.32. The fraction of sp³-hybridized carbons (Fsp3) is 0.538. The van der Waals surface area contributed by atoms with E-state index in [1.165, 1.54) is 12.1 Å². The van der Waals surface area contributed by atoms with E-state index >= 15 is 0 Å². The second kappa shape index (κ2) is 5.70. The Kier molecular flexibility index (Phi) is 4.31. The van der Waals surface area contributed by atoms with Crippen LogP contribution in [0.4, 0.5) is 5.69 Å². The summed E-state index contributed by atoms with van der Waals surface area (Å²) in [6.07, 6.45) is 0.360. The van der Waals surface area contributed by atoms with Gasteiger partial charge < -0.3 is 5.11 Å². The van der Waals surface area contributed by atoms with Crippen LogP contribution in [0.2, 0.25) is 0 Å². The Labute approximate surface area is 123 Å². The number of hydrogen-bond donors (Lipinski definition) is 1. The molecule has 0 aromatic heterocycles. The molecule has 1 aliphatic rings. The van der Waals surface area contributed by atoms with Crippen molar-refractivity contribution in [3.63, 3.8) is 0 Å². The van der Waals surface area contributed by atoms with E-state index in [0.29, 0.717) is 24.0 Å². The van der Waals surface area contributed by atoms with Crippen LogP contribution in [0.5, 0.6) is 0 Å². The van der Waals surface area contributed by atoms with E-state index in [0.717, 1.165) is 4.31 Å². The number of β-amino-alcohol motifs (C(OH)–C–C–N with tert-alkyl or cyclic N) is 1. The molecule has 0 amide bonds. The number of rotatable bonds is 3. The topological polar surface area (TPSA) is 101 Å². The fourth-order valence-electron chi connectivity index (χ4n) is 2.40. The van der Waals surface area contributed by atoms with Gasteiger partial charge in [0, 0.05) is 19.2 Å². The van der Waals surface area contributed by atoms with Crippen molar-refractivity contribution in [2.24, 2.45) is 0 Å². The van der Waals surface area contributed by atoms with Crippen LogP contribution in [0, 0.1) is 24.0 Å². The minimum atomic E-state index is -3.98. The van der Waals surface area contributed by atoms with Gasteiger partial charge in [-0.05, 0) is 43.9 Å². The lowest BCUT2D eigenvalue weighted by molar-refractivity contribution is -0.387. The first-order valence-corrected chi connectivity index (χ1v) is 8.11. The molecule has 0 aliphatic carbocycles. The van der Waals surface area contributed by atoms with Gasteiger partial charge >= 0.3 is 0 Å². The highest BCUT2D eigenvalue weighted by Crippen LogP contribution is 2.31. The highest BCUT2D eigenvalue weighted by molar-refractivity contribution is 7.89. The Hall–Kier alpha value is -1.51. The van der Waals surface area contributed by atoms with E-state index in [2.05, 4.69) is 0 Å². The van der Waals surface area contributed by atoms with Gasteiger partial charge in [0.05, 0.1) is 11.0 Å². The molecule has 1 unspecified atom stereocenters. The predicted octanol–water partition coefficient (Wildman–Crippen LogP) is 1.36. The minimum absolute atomic E-state index is 0.0214. The van der Waals surface area contributed by atoms with E-state index in [1.807, 2.05) is 0 Å². The van der Waals surface area contributed by atoms with Gasteiger partial charge in [-0.2, -0.15) is 4.31 Å². The third-order valence-corrected chi connectivity index (χ3v) is 5.64. The van der Waals surface area contributed by atoms with Crippen LogP contribution < -0.4 is 0 Å². The normalized spacial score (nSPS) is 20.4. The maximum atomic E-state index is 12.6. The fourth-order valence-corrected chi connectivity index (χ4v) is 4.14. The van der Waals surface area contributed by atoms with Gasteiger partial charge in [0.1, 0.15) is 0 Å². The number of aliphatic hydroxyl groups excluding tert-OH is 1. The molecule has 0 bridgehead atoms. The molecule has 1 fully saturated rings. The van der Waals surface area contributed by atoms with E-state index in [1.54, 1.807) is 13.8 Å². The van der Waals surface area contributed by atoms with E-state index in [-0.39, 0.29) is 18.0 Å². The van der Waals surface area contributed by atoms with Crippen LogP contribution in [0.25, 0.3) is 0 Å². The summed E-state index contributed by atoms with van der Waals surface area (Å²) in [5.41, 5.74) is 0.925. The van der Waals surface area contributed by atoms with E-state index in [9.17, 15) is 23.6 Å². The monoisotopic (exact) mass is 314 g/mol. The number of sulfonamides is 1. The molecule has 8 heteroatoms. The molecule has 0 spiro atoms. The zero-order valence-electron chi connectivity index (χ0n) is 11.9. The van der Waals surface area contributed by atoms with Crippen molar-refractivity contribution in [3.05, 3.63) is 33.4 Å². The third-order valence-electron chi connectivity index (χ3n) is 3.75. The number of aliphatic hydroxyl groups is 1. The standard InChI is InChI=1S/C13H18N2O5S/c1-9-6-12(15(17)18)13(7-10(9)2)21(19,20)14-5-3-4-11(16)8-14/h6-7,11,16H,3-5,8H2,1-2H3. The van der Waals surface area contributed by atoms with Crippen LogP contribution in [-0.4, -0.2) is 41.9 Å². The molecule has 1 saturated heterocycles. The van der Waals surface area contributed by atoms with Gasteiger partial charge in [-0.15, -0.1) is 0 Å². The lowest BCUT2D eigenvalue weighted by atomic mass is 10.1. The molecule has 0 saturated carbocycles. The molecule has 1 heterocycles. The van der Waals surface area contributed by atoms with Gasteiger partial charge in [0.25, 0.3) is 5.69 Å². The molecule has 0 radical (unpaired) electrons. The molecule has 1 N–H and O–H groups in total. The summed E-state index contributed by atoms with van der Waals surface area (Å²) < 4.78 is 26.4. The Morgan fingerprint density at radius 1 is 1.33 bits per heavy atom. The van der Waals surface area contributed by atoms with Crippen LogP contribution in [0.15, 0.2) is 17.0 Å². The van der Waals surface area contributed by atoms with Gasteiger partial charge in [-0.25, -0.2) is 8.42 Å². The zero-order valence-corrected chi connectivity index (χ0v) is 12.8. The van der Waals surface area contributed by atoms with Crippen molar-refractivity contribution in [1.82, 2.24) is 4.31 Å². The number of nitrogens with zero attached hydrogens (tertiary/aromatic N) is 2. The predicted molar refractivity (Wildman–Crippen MR) is 76.6 cm³/mol. The SMILES string of the molecule is Cc1cc([N+](=O)[O-])c(S(=O)(=O)N2CCCC(O)C2)cc1C. The Balaban J connectivity index is 2.53. The van der Waals surface area contributed by atoms with Gasteiger partial charge in [0.15, 0.2) is 4.90 Å². The summed E-state index contributed by atoms with van der Waals surface area (Å²) in [5.74, 6) is 0. The smallest absolute Gasteiger partial charge is 0.289 e. The molecular weight excluding hydrogens is 296 g/mol. The summed E-state index contributed by atoms with van der Waals surface area (Å²) >= 11 is 0. The van der Waals surface area contributed by atoms with Gasteiger partial charge in [-0.1, -0.05) is 0 Å². The Morgan fingerprint density at radius 2 is 1.95 bits per heavy atom. The summed E-state index contributed by atoms with van der Waals surface area (Å²) in [5, 5.41) is 20.8. The van der Waals surface area contributed by atoms with Crippen LogP contribution in [-0.2, 0) is 10.0 Å². The number of nitro benzene ring substituents is 1. The molecular formula is C13H18N2O5S. The molecule has 1 atom stereocenters. The molecule has 1 aromatic rings. The first kappa shape index (κ1) is 15.9. The first-order chi connectivity index (χ1) is 9.73.